The van der Waals surface area contributed by atoms with Crippen molar-refractivity contribution in [1.29, 1.82) is 0 Å². The minimum atomic E-state index is 0.346. The summed E-state index contributed by atoms with van der Waals surface area (Å²) in [6, 6.07) is 0. The van der Waals surface area contributed by atoms with Gasteiger partial charge in [0.1, 0.15) is 11.8 Å². The average Bonchev–Trinajstić information content (AvgIpc) is 2.26. The van der Waals surface area contributed by atoms with Crippen LogP contribution in [0.1, 0.15) is 0 Å². The summed E-state index contributed by atoms with van der Waals surface area (Å²) >= 11 is 5.56. The Hall–Kier alpha value is -0.910. The SMILES string of the molecule is COCCOCCOc1cnc(Cl)cn1. The lowest BCUT2D eigenvalue weighted by Gasteiger charge is -2.05. The molecule has 0 amide bonds. The lowest BCUT2D eigenvalue weighted by molar-refractivity contribution is 0.0536. The number of rotatable bonds is 7. The summed E-state index contributed by atoms with van der Waals surface area (Å²) in [6.45, 7) is 2.07. The molecule has 1 heterocycles. The summed E-state index contributed by atoms with van der Waals surface area (Å²) in [6.07, 6.45) is 2.90. The van der Waals surface area contributed by atoms with Crippen molar-refractivity contribution in [3.63, 3.8) is 0 Å². The van der Waals surface area contributed by atoms with Gasteiger partial charge in [-0.15, -0.1) is 0 Å². The molecule has 0 atom stereocenters. The van der Waals surface area contributed by atoms with Crippen LogP contribution < -0.4 is 4.74 Å². The molecule has 1 aromatic rings. The van der Waals surface area contributed by atoms with Crippen molar-refractivity contribution in [2.75, 3.05) is 33.5 Å². The molecule has 1 rings (SSSR count). The third kappa shape index (κ3) is 5.51. The zero-order valence-corrected chi connectivity index (χ0v) is 9.24. The van der Waals surface area contributed by atoms with Crippen LogP contribution in [0, 0.1) is 0 Å². The van der Waals surface area contributed by atoms with E-state index in [0.717, 1.165) is 0 Å². The van der Waals surface area contributed by atoms with Gasteiger partial charge in [-0.2, -0.15) is 0 Å². The van der Waals surface area contributed by atoms with E-state index in [0.29, 0.717) is 37.5 Å². The topological polar surface area (TPSA) is 53.5 Å². The van der Waals surface area contributed by atoms with Crippen LogP contribution in [-0.4, -0.2) is 43.5 Å². The van der Waals surface area contributed by atoms with Gasteiger partial charge in [0, 0.05) is 7.11 Å². The first-order valence-electron chi connectivity index (χ1n) is 4.50. The highest BCUT2D eigenvalue weighted by Crippen LogP contribution is 2.06. The van der Waals surface area contributed by atoms with Crippen LogP contribution in [0.15, 0.2) is 12.4 Å². The van der Waals surface area contributed by atoms with Crippen molar-refractivity contribution >= 4 is 11.6 Å². The Bertz CT molecular complexity index is 269. The fourth-order valence-electron chi connectivity index (χ4n) is 0.824. The number of halogens is 1. The Morgan fingerprint density at radius 1 is 1.13 bits per heavy atom. The van der Waals surface area contributed by atoms with E-state index >= 15 is 0 Å². The molecule has 6 heteroatoms. The van der Waals surface area contributed by atoms with Gasteiger partial charge < -0.3 is 14.2 Å². The van der Waals surface area contributed by atoms with E-state index in [2.05, 4.69) is 9.97 Å². The zero-order chi connectivity index (χ0) is 10.9. The molecule has 0 fully saturated rings. The number of hydrogen-bond donors (Lipinski definition) is 0. The Labute approximate surface area is 93.3 Å². The highest BCUT2D eigenvalue weighted by atomic mass is 35.5. The average molecular weight is 233 g/mol. The summed E-state index contributed by atoms with van der Waals surface area (Å²) in [5.41, 5.74) is 0. The van der Waals surface area contributed by atoms with Gasteiger partial charge in [-0.1, -0.05) is 11.6 Å². The zero-order valence-electron chi connectivity index (χ0n) is 8.48. The summed E-state index contributed by atoms with van der Waals surface area (Å²) in [5.74, 6) is 0.440. The Morgan fingerprint density at radius 3 is 2.60 bits per heavy atom. The molecule has 0 aliphatic rings. The number of nitrogens with zero attached hydrogens (tertiary/aromatic N) is 2. The molecule has 15 heavy (non-hydrogen) atoms. The molecule has 0 unspecified atom stereocenters. The fraction of sp³-hybridized carbons (Fsp3) is 0.556. The van der Waals surface area contributed by atoms with E-state index < -0.39 is 0 Å². The molecule has 0 saturated carbocycles. The molecule has 0 aromatic carbocycles. The number of ether oxygens (including phenoxy) is 3. The standard InChI is InChI=1S/C9H13ClN2O3/c1-13-2-3-14-4-5-15-9-7-11-8(10)6-12-9/h6-7H,2-5H2,1H3. The van der Waals surface area contributed by atoms with Crippen molar-refractivity contribution in [2.45, 2.75) is 0 Å². The molecule has 0 aliphatic carbocycles. The summed E-state index contributed by atoms with van der Waals surface area (Å²) in [5, 5.41) is 0.346. The van der Waals surface area contributed by atoms with Gasteiger partial charge in [0.2, 0.25) is 5.88 Å². The van der Waals surface area contributed by atoms with Gasteiger partial charge >= 0.3 is 0 Å². The second-order valence-electron chi connectivity index (χ2n) is 2.63. The van der Waals surface area contributed by atoms with Crippen molar-refractivity contribution in [1.82, 2.24) is 9.97 Å². The molecule has 0 spiro atoms. The van der Waals surface area contributed by atoms with Crippen molar-refractivity contribution in [3.8, 4) is 5.88 Å². The molecule has 0 saturated heterocycles. The summed E-state index contributed by atoms with van der Waals surface area (Å²) < 4.78 is 15.3. The second-order valence-corrected chi connectivity index (χ2v) is 3.02. The number of aromatic nitrogens is 2. The molecule has 1 aromatic heterocycles. The summed E-state index contributed by atoms with van der Waals surface area (Å²) in [7, 11) is 1.63. The summed E-state index contributed by atoms with van der Waals surface area (Å²) in [4.78, 5) is 7.74. The highest BCUT2D eigenvalue weighted by molar-refractivity contribution is 6.29. The van der Waals surface area contributed by atoms with Crippen LogP contribution in [0.25, 0.3) is 0 Å². The fourth-order valence-corrected chi connectivity index (χ4v) is 0.922. The minimum absolute atomic E-state index is 0.346. The third-order valence-corrected chi connectivity index (χ3v) is 1.70. The Balaban J connectivity index is 2.07. The minimum Gasteiger partial charge on any atom is -0.474 e. The highest BCUT2D eigenvalue weighted by Gasteiger charge is 1.96. The van der Waals surface area contributed by atoms with E-state index in [9.17, 15) is 0 Å². The Morgan fingerprint density at radius 2 is 1.93 bits per heavy atom. The Kier molecular flexibility index (Phi) is 5.99. The maximum Gasteiger partial charge on any atom is 0.232 e. The largest absolute Gasteiger partial charge is 0.474 e. The molecular formula is C9H13ClN2O3. The van der Waals surface area contributed by atoms with Crippen molar-refractivity contribution < 1.29 is 14.2 Å². The smallest absolute Gasteiger partial charge is 0.232 e. The van der Waals surface area contributed by atoms with Crippen molar-refractivity contribution in [3.05, 3.63) is 17.5 Å². The third-order valence-electron chi connectivity index (χ3n) is 1.51. The predicted octanol–water partition coefficient (Wildman–Crippen LogP) is 1.17. The predicted molar refractivity (Wildman–Crippen MR) is 55.2 cm³/mol. The van der Waals surface area contributed by atoms with Crippen LogP contribution in [0.4, 0.5) is 0 Å². The first-order chi connectivity index (χ1) is 7.33. The maximum atomic E-state index is 5.56. The monoisotopic (exact) mass is 232 g/mol. The lowest BCUT2D eigenvalue weighted by Crippen LogP contribution is -2.10. The van der Waals surface area contributed by atoms with Crippen LogP contribution in [0.2, 0.25) is 5.15 Å². The van der Waals surface area contributed by atoms with E-state index in [1.807, 2.05) is 0 Å². The van der Waals surface area contributed by atoms with Crippen LogP contribution in [0.5, 0.6) is 5.88 Å². The van der Waals surface area contributed by atoms with Gasteiger partial charge in [-0.05, 0) is 0 Å². The quantitative estimate of drug-likeness (QED) is 0.661. The maximum absolute atomic E-state index is 5.56. The van der Waals surface area contributed by atoms with Crippen molar-refractivity contribution in [2.24, 2.45) is 0 Å². The normalized spacial score (nSPS) is 10.3. The van der Waals surface area contributed by atoms with Crippen LogP contribution in [0.3, 0.4) is 0 Å². The van der Waals surface area contributed by atoms with E-state index in [4.69, 9.17) is 25.8 Å². The molecule has 84 valence electrons. The molecule has 0 bridgehead atoms. The van der Waals surface area contributed by atoms with E-state index in [1.165, 1.54) is 12.4 Å². The van der Waals surface area contributed by atoms with Gasteiger partial charge in [0.05, 0.1) is 32.2 Å². The molecule has 0 aliphatic heterocycles. The van der Waals surface area contributed by atoms with Gasteiger partial charge in [-0.25, -0.2) is 9.97 Å². The van der Waals surface area contributed by atoms with Crippen LogP contribution in [-0.2, 0) is 9.47 Å². The van der Waals surface area contributed by atoms with Gasteiger partial charge in [0.15, 0.2) is 0 Å². The first-order valence-corrected chi connectivity index (χ1v) is 4.87. The second kappa shape index (κ2) is 7.39. The molecular weight excluding hydrogens is 220 g/mol. The number of methoxy groups -OCH3 is 1. The first kappa shape index (κ1) is 12.2. The lowest BCUT2D eigenvalue weighted by atomic mass is 10.7. The number of hydrogen-bond acceptors (Lipinski definition) is 5. The van der Waals surface area contributed by atoms with Gasteiger partial charge in [-0.3, -0.25) is 0 Å². The van der Waals surface area contributed by atoms with E-state index in [1.54, 1.807) is 7.11 Å². The molecule has 5 nitrogen and oxygen atoms in total. The molecule has 0 radical (unpaired) electrons. The molecule has 0 N–H and O–H groups in total. The van der Waals surface area contributed by atoms with E-state index in [-0.39, 0.29) is 0 Å². The van der Waals surface area contributed by atoms with Crippen LogP contribution >= 0.6 is 11.6 Å². The van der Waals surface area contributed by atoms with Gasteiger partial charge in [0.25, 0.3) is 0 Å².